The molecule has 0 spiro atoms. The zero-order valence-corrected chi connectivity index (χ0v) is 9.17. The minimum atomic E-state index is -4.11. The second-order valence-corrected chi connectivity index (χ2v) is 4.47. The SMILES string of the molecule is COCCSC(C)CNCC(F)(F)F. The monoisotopic (exact) mass is 231 g/mol. The van der Waals surface area contributed by atoms with Crippen molar-refractivity contribution in [3.63, 3.8) is 0 Å². The number of hydrogen-bond donors (Lipinski definition) is 1. The maximum atomic E-state index is 11.7. The van der Waals surface area contributed by atoms with Gasteiger partial charge in [-0.2, -0.15) is 24.9 Å². The molecule has 0 aromatic heterocycles. The molecule has 0 rings (SSSR count). The van der Waals surface area contributed by atoms with Crippen molar-refractivity contribution in [2.75, 3.05) is 32.6 Å². The van der Waals surface area contributed by atoms with Crippen molar-refractivity contribution in [2.45, 2.75) is 18.3 Å². The molecular formula is C8H16F3NOS. The lowest BCUT2D eigenvalue weighted by Crippen LogP contribution is -2.32. The Hall–Kier alpha value is 0.0600. The molecule has 0 aromatic rings. The van der Waals surface area contributed by atoms with Gasteiger partial charge in [-0.25, -0.2) is 0 Å². The molecule has 0 aliphatic heterocycles. The molecule has 0 aliphatic rings. The lowest BCUT2D eigenvalue weighted by atomic mass is 10.4. The highest BCUT2D eigenvalue weighted by atomic mass is 32.2. The van der Waals surface area contributed by atoms with Gasteiger partial charge in [0, 0.05) is 24.7 Å². The summed E-state index contributed by atoms with van der Waals surface area (Å²) in [5.41, 5.74) is 0. The fraction of sp³-hybridized carbons (Fsp3) is 1.00. The van der Waals surface area contributed by atoms with Crippen molar-refractivity contribution in [1.29, 1.82) is 0 Å². The second-order valence-electron chi connectivity index (χ2n) is 2.92. The maximum Gasteiger partial charge on any atom is 0.401 e. The van der Waals surface area contributed by atoms with Crippen molar-refractivity contribution in [3.05, 3.63) is 0 Å². The van der Waals surface area contributed by atoms with Crippen LogP contribution in [0, 0.1) is 0 Å². The van der Waals surface area contributed by atoms with Crippen molar-refractivity contribution in [3.8, 4) is 0 Å². The van der Waals surface area contributed by atoms with Gasteiger partial charge in [-0.05, 0) is 0 Å². The van der Waals surface area contributed by atoms with Crippen LogP contribution in [0.15, 0.2) is 0 Å². The quantitative estimate of drug-likeness (QED) is 0.676. The molecule has 0 aromatic carbocycles. The average molecular weight is 231 g/mol. The Labute approximate surface area is 86.6 Å². The molecule has 0 saturated heterocycles. The minimum Gasteiger partial charge on any atom is -0.384 e. The summed E-state index contributed by atoms with van der Waals surface area (Å²) >= 11 is 1.60. The van der Waals surface area contributed by atoms with Crippen LogP contribution in [0.2, 0.25) is 0 Å². The summed E-state index contributed by atoms with van der Waals surface area (Å²) in [4.78, 5) is 0. The van der Waals surface area contributed by atoms with E-state index in [-0.39, 0.29) is 5.25 Å². The van der Waals surface area contributed by atoms with Crippen LogP contribution in [0.3, 0.4) is 0 Å². The number of ether oxygens (including phenoxy) is 1. The first-order valence-electron chi connectivity index (χ1n) is 4.33. The number of thioether (sulfide) groups is 1. The summed E-state index contributed by atoms with van der Waals surface area (Å²) in [6, 6.07) is 0. The number of alkyl halides is 3. The molecule has 6 heteroatoms. The third-order valence-electron chi connectivity index (χ3n) is 1.45. The molecule has 0 radical (unpaired) electrons. The predicted octanol–water partition coefficient (Wildman–Crippen LogP) is 1.91. The van der Waals surface area contributed by atoms with E-state index >= 15 is 0 Å². The van der Waals surface area contributed by atoms with Gasteiger partial charge in [0.2, 0.25) is 0 Å². The van der Waals surface area contributed by atoms with Crippen LogP contribution >= 0.6 is 11.8 Å². The summed E-state index contributed by atoms with van der Waals surface area (Å²) in [5.74, 6) is 0.811. The molecule has 1 N–H and O–H groups in total. The first kappa shape index (κ1) is 14.1. The van der Waals surface area contributed by atoms with Gasteiger partial charge in [0.05, 0.1) is 13.2 Å². The van der Waals surface area contributed by atoms with Gasteiger partial charge in [0.1, 0.15) is 0 Å². The molecule has 2 nitrogen and oxygen atoms in total. The van der Waals surface area contributed by atoms with Crippen LogP contribution in [0.1, 0.15) is 6.92 Å². The minimum absolute atomic E-state index is 0.174. The van der Waals surface area contributed by atoms with E-state index < -0.39 is 12.7 Å². The van der Waals surface area contributed by atoms with Crippen LogP contribution in [-0.2, 0) is 4.74 Å². The number of hydrogen-bond acceptors (Lipinski definition) is 3. The van der Waals surface area contributed by atoms with Gasteiger partial charge in [-0.3, -0.25) is 0 Å². The molecule has 1 atom stereocenters. The van der Waals surface area contributed by atoms with Crippen LogP contribution in [0.4, 0.5) is 13.2 Å². The van der Waals surface area contributed by atoms with E-state index in [9.17, 15) is 13.2 Å². The highest BCUT2D eigenvalue weighted by Gasteiger charge is 2.26. The van der Waals surface area contributed by atoms with Gasteiger partial charge in [-0.1, -0.05) is 6.92 Å². The largest absolute Gasteiger partial charge is 0.401 e. The van der Waals surface area contributed by atoms with Gasteiger partial charge in [-0.15, -0.1) is 0 Å². The van der Waals surface area contributed by atoms with E-state index in [0.717, 1.165) is 5.75 Å². The summed E-state index contributed by atoms with van der Waals surface area (Å²) in [5, 5.41) is 2.54. The Morgan fingerprint density at radius 2 is 2.07 bits per heavy atom. The first-order valence-corrected chi connectivity index (χ1v) is 5.38. The number of methoxy groups -OCH3 is 1. The standard InChI is InChI=1S/C8H16F3NOS/c1-7(14-4-3-13-2)5-12-6-8(9,10)11/h7,12H,3-6H2,1-2H3. The lowest BCUT2D eigenvalue weighted by Gasteiger charge is -2.13. The van der Waals surface area contributed by atoms with Gasteiger partial charge in [0.25, 0.3) is 0 Å². The Morgan fingerprint density at radius 1 is 1.43 bits per heavy atom. The smallest absolute Gasteiger partial charge is 0.384 e. The fourth-order valence-corrected chi connectivity index (χ4v) is 1.71. The van der Waals surface area contributed by atoms with E-state index in [1.165, 1.54) is 0 Å². The molecule has 0 amide bonds. The maximum absolute atomic E-state index is 11.7. The van der Waals surface area contributed by atoms with Crippen molar-refractivity contribution >= 4 is 11.8 Å². The Balaban J connectivity index is 3.31. The summed E-state index contributed by atoms with van der Waals surface area (Å²) < 4.78 is 40.0. The highest BCUT2D eigenvalue weighted by Crippen LogP contribution is 2.13. The van der Waals surface area contributed by atoms with E-state index in [1.807, 2.05) is 6.92 Å². The molecule has 1 unspecified atom stereocenters. The normalized spacial score (nSPS) is 14.4. The van der Waals surface area contributed by atoms with E-state index in [0.29, 0.717) is 13.2 Å². The molecule has 0 aliphatic carbocycles. The molecular weight excluding hydrogens is 215 g/mol. The highest BCUT2D eigenvalue weighted by molar-refractivity contribution is 7.99. The van der Waals surface area contributed by atoms with E-state index in [2.05, 4.69) is 5.32 Å². The number of nitrogens with one attached hydrogen (secondary N) is 1. The van der Waals surface area contributed by atoms with Crippen LogP contribution in [0.25, 0.3) is 0 Å². The number of rotatable bonds is 7. The van der Waals surface area contributed by atoms with Crippen molar-refractivity contribution < 1.29 is 17.9 Å². The lowest BCUT2D eigenvalue weighted by molar-refractivity contribution is -0.124. The zero-order chi connectivity index (χ0) is 11.0. The predicted molar refractivity (Wildman–Crippen MR) is 52.7 cm³/mol. The Kier molecular flexibility index (Phi) is 7.40. The van der Waals surface area contributed by atoms with Crippen molar-refractivity contribution in [2.24, 2.45) is 0 Å². The van der Waals surface area contributed by atoms with E-state index in [4.69, 9.17) is 4.74 Å². The molecule has 0 fully saturated rings. The van der Waals surface area contributed by atoms with Crippen molar-refractivity contribution in [1.82, 2.24) is 5.32 Å². The molecule has 0 heterocycles. The van der Waals surface area contributed by atoms with Crippen LogP contribution in [0.5, 0.6) is 0 Å². The Bertz CT molecular complexity index is 143. The summed E-state index contributed by atoms with van der Waals surface area (Å²) in [6.45, 7) is 1.98. The van der Waals surface area contributed by atoms with Gasteiger partial charge >= 0.3 is 6.18 Å². The molecule has 0 saturated carbocycles. The second kappa shape index (κ2) is 7.36. The van der Waals surface area contributed by atoms with Gasteiger partial charge in [0.15, 0.2) is 0 Å². The fourth-order valence-electron chi connectivity index (χ4n) is 0.809. The Morgan fingerprint density at radius 3 is 2.57 bits per heavy atom. The first-order chi connectivity index (χ1) is 6.45. The topological polar surface area (TPSA) is 21.3 Å². The average Bonchev–Trinajstić information content (AvgIpc) is 2.02. The van der Waals surface area contributed by atoms with E-state index in [1.54, 1.807) is 18.9 Å². The molecule has 14 heavy (non-hydrogen) atoms. The van der Waals surface area contributed by atoms with Crippen LogP contribution < -0.4 is 5.32 Å². The molecule has 0 bridgehead atoms. The summed E-state index contributed by atoms with van der Waals surface area (Å²) in [7, 11) is 1.60. The third kappa shape index (κ3) is 10.1. The summed E-state index contributed by atoms with van der Waals surface area (Å²) in [6.07, 6.45) is -4.11. The van der Waals surface area contributed by atoms with Crippen LogP contribution in [-0.4, -0.2) is 44.0 Å². The van der Waals surface area contributed by atoms with Gasteiger partial charge < -0.3 is 10.1 Å². The third-order valence-corrected chi connectivity index (χ3v) is 2.59. The molecule has 86 valence electrons. The zero-order valence-electron chi connectivity index (χ0n) is 8.36. The number of halogens is 3.